The molecule has 0 saturated carbocycles. The molecule has 0 spiro atoms. The lowest BCUT2D eigenvalue weighted by Crippen LogP contribution is -2.32. The zero-order valence-corrected chi connectivity index (χ0v) is 15.6. The van der Waals surface area contributed by atoms with E-state index in [0.29, 0.717) is 0 Å². The van der Waals surface area contributed by atoms with Crippen LogP contribution in [0.25, 0.3) is 0 Å². The number of nitrogens with zero attached hydrogens (tertiary/aromatic N) is 3. The van der Waals surface area contributed by atoms with Crippen LogP contribution in [0, 0.1) is 0 Å². The zero-order chi connectivity index (χ0) is 17.2. The van der Waals surface area contributed by atoms with E-state index in [1.54, 1.807) is 11.3 Å². The van der Waals surface area contributed by atoms with Crippen molar-refractivity contribution in [3.8, 4) is 0 Å². The Hall–Kier alpha value is -1.72. The molecule has 0 atom stereocenters. The second-order valence-corrected chi connectivity index (χ2v) is 7.99. The van der Waals surface area contributed by atoms with E-state index in [-0.39, 0.29) is 5.91 Å². The van der Waals surface area contributed by atoms with Gasteiger partial charge in [-0.05, 0) is 42.9 Å². The maximum atomic E-state index is 12.7. The average Bonchev–Trinajstić information content (AvgIpc) is 3.31. The van der Waals surface area contributed by atoms with Crippen LogP contribution in [0.1, 0.15) is 51.8 Å². The van der Waals surface area contributed by atoms with Crippen molar-refractivity contribution in [3.05, 3.63) is 51.0 Å². The third kappa shape index (κ3) is 3.48. The number of amides is 1. The van der Waals surface area contributed by atoms with Gasteiger partial charge in [-0.2, -0.15) is 0 Å². The number of aromatic nitrogens is 1. The van der Waals surface area contributed by atoms with Crippen molar-refractivity contribution in [2.75, 3.05) is 19.6 Å². The molecule has 1 fully saturated rings. The van der Waals surface area contributed by atoms with Crippen LogP contribution in [-0.2, 0) is 25.9 Å². The smallest absolute Gasteiger partial charge is 0.254 e. The van der Waals surface area contributed by atoms with Gasteiger partial charge < -0.3 is 4.90 Å². The van der Waals surface area contributed by atoms with Gasteiger partial charge in [-0.3, -0.25) is 14.7 Å². The first-order valence-electron chi connectivity index (χ1n) is 9.29. The number of carbonyl (C=O) groups is 1. The van der Waals surface area contributed by atoms with Crippen molar-refractivity contribution in [2.45, 2.75) is 45.7 Å². The van der Waals surface area contributed by atoms with Gasteiger partial charge in [0.05, 0.1) is 11.3 Å². The van der Waals surface area contributed by atoms with Crippen LogP contribution in [0.2, 0.25) is 0 Å². The molecule has 4 nitrogen and oxygen atoms in total. The van der Waals surface area contributed by atoms with Crippen molar-refractivity contribution < 1.29 is 4.79 Å². The highest BCUT2D eigenvalue weighted by Gasteiger charge is 2.27. The maximum absolute atomic E-state index is 12.7. The van der Waals surface area contributed by atoms with Gasteiger partial charge in [-0.1, -0.05) is 13.0 Å². The Kier molecular flexibility index (Phi) is 4.86. The molecule has 2 aliphatic heterocycles. The molecule has 1 amide bonds. The molecule has 2 aromatic rings. The highest BCUT2D eigenvalue weighted by atomic mass is 32.1. The van der Waals surface area contributed by atoms with E-state index in [9.17, 15) is 4.79 Å². The van der Waals surface area contributed by atoms with Crippen LogP contribution in [0.15, 0.2) is 23.7 Å². The first-order chi connectivity index (χ1) is 12.2. The molecule has 2 aromatic heterocycles. The summed E-state index contributed by atoms with van der Waals surface area (Å²) in [5, 5.41) is 2.09. The molecule has 0 bridgehead atoms. The van der Waals surface area contributed by atoms with E-state index in [4.69, 9.17) is 0 Å². The second kappa shape index (κ2) is 7.26. The average molecular weight is 356 g/mol. The molecule has 132 valence electrons. The second-order valence-electron chi connectivity index (χ2n) is 7.02. The Balaban J connectivity index is 1.44. The molecule has 0 N–H and O–H groups in total. The maximum Gasteiger partial charge on any atom is 0.254 e. The molecule has 0 aromatic carbocycles. The van der Waals surface area contributed by atoms with E-state index in [1.807, 2.05) is 11.1 Å². The summed E-state index contributed by atoms with van der Waals surface area (Å²) in [5.41, 5.74) is 4.68. The number of hydrogen-bond acceptors (Lipinski definition) is 4. The first kappa shape index (κ1) is 16.7. The van der Waals surface area contributed by atoms with Crippen LogP contribution in [-0.4, -0.2) is 40.3 Å². The summed E-state index contributed by atoms with van der Waals surface area (Å²) in [5.74, 6) is 0.250. The Morgan fingerprint density at radius 1 is 1.24 bits per heavy atom. The van der Waals surface area contributed by atoms with Gasteiger partial charge in [0, 0.05) is 49.2 Å². The summed E-state index contributed by atoms with van der Waals surface area (Å²) in [4.78, 5) is 23.1. The number of hydrogen-bond donors (Lipinski definition) is 0. The van der Waals surface area contributed by atoms with Crippen molar-refractivity contribution >= 4 is 17.2 Å². The minimum atomic E-state index is 0.250. The predicted octanol–water partition coefficient (Wildman–Crippen LogP) is 3.50. The highest BCUT2D eigenvalue weighted by Crippen LogP contribution is 2.30. The number of aryl methyl sites for hydroxylation is 1. The molecule has 0 radical (unpaired) electrons. The molecule has 4 heterocycles. The van der Waals surface area contributed by atoms with E-state index in [1.165, 1.54) is 16.0 Å². The monoisotopic (exact) mass is 355 g/mol. The third-order valence-electron chi connectivity index (χ3n) is 5.33. The fourth-order valence-electron chi connectivity index (χ4n) is 3.77. The van der Waals surface area contributed by atoms with Gasteiger partial charge in [0.2, 0.25) is 0 Å². The summed E-state index contributed by atoms with van der Waals surface area (Å²) in [7, 11) is 0. The van der Waals surface area contributed by atoms with Crippen LogP contribution in [0.5, 0.6) is 0 Å². The number of fused-ring (bicyclic) bond motifs is 1. The van der Waals surface area contributed by atoms with Crippen LogP contribution >= 0.6 is 11.3 Å². The van der Waals surface area contributed by atoms with Crippen LogP contribution in [0.3, 0.4) is 0 Å². The minimum absolute atomic E-state index is 0.250. The van der Waals surface area contributed by atoms with Crippen molar-refractivity contribution in [1.82, 2.24) is 14.8 Å². The van der Waals surface area contributed by atoms with Crippen molar-refractivity contribution in [3.63, 3.8) is 0 Å². The Morgan fingerprint density at radius 2 is 2.08 bits per heavy atom. The lowest BCUT2D eigenvalue weighted by molar-refractivity contribution is 0.0791. The van der Waals surface area contributed by atoms with E-state index in [0.717, 1.165) is 69.7 Å². The lowest BCUT2D eigenvalue weighted by Gasteiger charge is -2.27. The topological polar surface area (TPSA) is 36.4 Å². The van der Waals surface area contributed by atoms with Crippen molar-refractivity contribution in [2.24, 2.45) is 0 Å². The number of carbonyl (C=O) groups excluding carboxylic acids is 1. The largest absolute Gasteiger partial charge is 0.339 e. The minimum Gasteiger partial charge on any atom is -0.339 e. The summed E-state index contributed by atoms with van der Waals surface area (Å²) in [6.45, 7) is 6.83. The third-order valence-corrected chi connectivity index (χ3v) is 6.34. The molecule has 0 aliphatic carbocycles. The Morgan fingerprint density at radius 3 is 2.80 bits per heavy atom. The van der Waals surface area contributed by atoms with E-state index < -0.39 is 0 Å². The number of rotatable bonds is 4. The van der Waals surface area contributed by atoms with Gasteiger partial charge in [0.25, 0.3) is 5.91 Å². The summed E-state index contributed by atoms with van der Waals surface area (Å²) >= 11 is 1.75. The molecular formula is C20H25N3OS. The molecule has 5 heteroatoms. The fraction of sp³-hybridized carbons (Fsp3) is 0.500. The van der Waals surface area contributed by atoms with E-state index in [2.05, 4.69) is 34.3 Å². The van der Waals surface area contributed by atoms with Gasteiger partial charge >= 0.3 is 0 Å². The van der Waals surface area contributed by atoms with Gasteiger partial charge in [0.15, 0.2) is 0 Å². The summed E-state index contributed by atoms with van der Waals surface area (Å²) < 4.78 is 0. The number of thiophene rings is 1. The SMILES string of the molecule is CCc1ccc(CN2CCc3c(C(=O)N4CCCC4)csc3C2)nc1. The normalized spacial score (nSPS) is 17.7. The van der Waals surface area contributed by atoms with Gasteiger partial charge in [-0.15, -0.1) is 11.3 Å². The fourth-order valence-corrected chi connectivity index (χ4v) is 4.89. The summed E-state index contributed by atoms with van der Waals surface area (Å²) in [6.07, 6.45) is 6.29. The summed E-state index contributed by atoms with van der Waals surface area (Å²) in [6, 6.07) is 4.32. The lowest BCUT2D eigenvalue weighted by atomic mass is 10.0. The van der Waals surface area contributed by atoms with Crippen LogP contribution < -0.4 is 0 Å². The molecule has 2 aliphatic rings. The predicted molar refractivity (Wildman–Crippen MR) is 101 cm³/mol. The number of pyridine rings is 1. The van der Waals surface area contributed by atoms with Crippen molar-refractivity contribution in [1.29, 1.82) is 0 Å². The van der Waals surface area contributed by atoms with Crippen LogP contribution in [0.4, 0.5) is 0 Å². The molecule has 0 unspecified atom stereocenters. The highest BCUT2D eigenvalue weighted by molar-refractivity contribution is 7.10. The quantitative estimate of drug-likeness (QED) is 0.842. The van der Waals surface area contributed by atoms with Gasteiger partial charge in [0.1, 0.15) is 0 Å². The molecular weight excluding hydrogens is 330 g/mol. The standard InChI is InChI=1S/C20H25N3OS/c1-2-15-5-6-16(21-11-15)12-22-10-7-17-18(14-25-19(17)13-22)20(24)23-8-3-4-9-23/h5-6,11,14H,2-4,7-10,12-13H2,1H3. The molecule has 4 rings (SSSR count). The van der Waals surface area contributed by atoms with E-state index >= 15 is 0 Å². The molecule has 1 saturated heterocycles. The van der Waals surface area contributed by atoms with Gasteiger partial charge in [-0.25, -0.2) is 0 Å². The zero-order valence-electron chi connectivity index (χ0n) is 14.8. The Labute approximate surface area is 153 Å². The molecule has 25 heavy (non-hydrogen) atoms. The Bertz CT molecular complexity index is 747. The first-order valence-corrected chi connectivity index (χ1v) is 10.2. The number of likely N-dealkylation sites (tertiary alicyclic amines) is 1.